The minimum atomic E-state index is -0.410. The minimum Gasteiger partial charge on any atom is -0.370 e. The highest BCUT2D eigenvalue weighted by Gasteiger charge is 2.12. The largest absolute Gasteiger partial charge is 0.370 e. The van der Waals surface area contributed by atoms with Crippen molar-refractivity contribution in [1.82, 2.24) is 4.90 Å². The third-order valence-electron chi connectivity index (χ3n) is 3.12. The Bertz CT molecular complexity index is 636. The Morgan fingerprint density at radius 1 is 1.18 bits per heavy atom. The number of primary amides is 1. The first-order valence-corrected chi connectivity index (χ1v) is 7.91. The van der Waals surface area contributed by atoms with E-state index in [1.54, 1.807) is 22.3 Å². The maximum Gasteiger partial charge on any atom is 0.246 e. The van der Waals surface area contributed by atoms with E-state index in [0.29, 0.717) is 13.1 Å². The van der Waals surface area contributed by atoms with Gasteiger partial charge >= 0.3 is 0 Å². The Kier molecular flexibility index (Phi) is 5.91. The van der Waals surface area contributed by atoms with E-state index >= 15 is 0 Å². The van der Waals surface area contributed by atoms with Crippen LogP contribution in [0.15, 0.2) is 53.2 Å². The molecule has 0 saturated carbocycles. The van der Waals surface area contributed by atoms with Crippen molar-refractivity contribution in [3.8, 4) is 0 Å². The highest BCUT2D eigenvalue weighted by Crippen LogP contribution is 2.10. The van der Waals surface area contributed by atoms with Gasteiger partial charge in [-0.15, -0.1) is 0 Å². The predicted molar refractivity (Wildman–Crippen MR) is 89.0 cm³/mol. The summed E-state index contributed by atoms with van der Waals surface area (Å²) in [6.07, 6.45) is 3.47. The molecule has 1 heterocycles. The first-order valence-electron chi connectivity index (χ1n) is 6.96. The van der Waals surface area contributed by atoms with Crippen LogP contribution in [-0.4, -0.2) is 23.3 Å². The zero-order valence-electron chi connectivity index (χ0n) is 12.1. The van der Waals surface area contributed by atoms with Gasteiger partial charge in [-0.25, -0.2) is 0 Å². The van der Waals surface area contributed by atoms with Gasteiger partial charge < -0.3 is 10.6 Å². The molecule has 0 spiro atoms. The molecule has 0 fully saturated rings. The molecule has 0 saturated heterocycles. The quantitative estimate of drug-likeness (QED) is 0.799. The average Bonchev–Trinajstić information content (AvgIpc) is 3.03. The summed E-state index contributed by atoms with van der Waals surface area (Å²) in [5, 5.41) is 3.92. The van der Waals surface area contributed by atoms with Crippen LogP contribution in [0, 0.1) is 0 Å². The van der Waals surface area contributed by atoms with E-state index in [0.717, 1.165) is 11.1 Å². The molecule has 2 aromatic rings. The van der Waals surface area contributed by atoms with E-state index < -0.39 is 5.91 Å². The van der Waals surface area contributed by atoms with Gasteiger partial charge in [-0.3, -0.25) is 9.59 Å². The summed E-state index contributed by atoms with van der Waals surface area (Å²) in [4.78, 5) is 25.0. The van der Waals surface area contributed by atoms with Gasteiger partial charge in [0.05, 0.1) is 0 Å². The van der Waals surface area contributed by atoms with Crippen LogP contribution < -0.4 is 5.73 Å². The summed E-state index contributed by atoms with van der Waals surface area (Å²) in [6, 6.07) is 11.6. The number of amides is 2. The van der Waals surface area contributed by atoms with Crippen molar-refractivity contribution in [1.29, 1.82) is 0 Å². The molecule has 22 heavy (non-hydrogen) atoms. The summed E-state index contributed by atoms with van der Waals surface area (Å²) >= 11 is 1.58. The molecular formula is C17H18N2O2S. The van der Waals surface area contributed by atoms with Gasteiger partial charge in [-0.05, 0) is 34.0 Å². The number of nitrogens with two attached hydrogens (primary N) is 1. The molecule has 0 unspecified atom stereocenters. The lowest BCUT2D eigenvalue weighted by Crippen LogP contribution is -2.32. The zero-order valence-corrected chi connectivity index (χ0v) is 13.0. The van der Waals surface area contributed by atoms with Crippen molar-refractivity contribution in [3.63, 3.8) is 0 Å². The van der Waals surface area contributed by atoms with E-state index in [4.69, 9.17) is 5.73 Å². The fourth-order valence-corrected chi connectivity index (χ4v) is 2.59. The van der Waals surface area contributed by atoms with Crippen LogP contribution in [0.5, 0.6) is 0 Å². The maximum atomic E-state index is 12.3. The van der Waals surface area contributed by atoms with Crippen molar-refractivity contribution in [2.45, 2.75) is 13.0 Å². The van der Waals surface area contributed by atoms with Crippen molar-refractivity contribution >= 4 is 29.2 Å². The highest BCUT2D eigenvalue weighted by molar-refractivity contribution is 7.08. The van der Waals surface area contributed by atoms with Crippen molar-refractivity contribution < 1.29 is 9.59 Å². The summed E-state index contributed by atoms with van der Waals surface area (Å²) in [6.45, 7) is 0.776. The molecule has 2 N–H and O–H groups in total. The molecule has 0 atom stereocenters. The number of benzene rings is 1. The minimum absolute atomic E-state index is 0.128. The fraction of sp³-hybridized carbons (Fsp3) is 0.176. The molecule has 4 nitrogen and oxygen atoms in total. The van der Waals surface area contributed by atoms with Gasteiger partial charge in [-0.1, -0.05) is 30.3 Å². The number of thiophene rings is 1. The molecule has 1 aromatic carbocycles. The van der Waals surface area contributed by atoms with Crippen molar-refractivity contribution in [3.05, 3.63) is 64.4 Å². The first-order chi connectivity index (χ1) is 10.6. The van der Waals surface area contributed by atoms with E-state index in [1.165, 1.54) is 6.08 Å². The Labute approximate surface area is 133 Å². The number of rotatable bonds is 7. The predicted octanol–water partition coefficient (Wildman–Crippen LogP) is 2.67. The standard InChI is InChI=1S/C17H18N2O2S/c18-16(20)8-10-19(12-14-4-2-1-3-5-14)17(21)7-6-15-9-11-22-13-15/h1-7,9,11,13H,8,10,12H2,(H2,18,20). The molecule has 114 valence electrons. The lowest BCUT2D eigenvalue weighted by Gasteiger charge is -2.20. The van der Waals surface area contributed by atoms with Gasteiger partial charge in [-0.2, -0.15) is 11.3 Å². The summed E-state index contributed by atoms with van der Waals surface area (Å²) in [7, 11) is 0. The van der Waals surface area contributed by atoms with Crippen LogP contribution in [0.3, 0.4) is 0 Å². The molecule has 0 aliphatic carbocycles. The van der Waals surface area contributed by atoms with Gasteiger partial charge in [0.2, 0.25) is 11.8 Å². The number of carbonyl (C=O) groups is 2. The lowest BCUT2D eigenvalue weighted by atomic mass is 10.2. The molecule has 2 rings (SSSR count). The Morgan fingerprint density at radius 3 is 2.59 bits per heavy atom. The summed E-state index contributed by atoms with van der Waals surface area (Å²) < 4.78 is 0. The molecule has 1 aromatic heterocycles. The molecular weight excluding hydrogens is 296 g/mol. The van der Waals surface area contributed by atoms with Crippen LogP contribution >= 0.6 is 11.3 Å². The smallest absolute Gasteiger partial charge is 0.246 e. The highest BCUT2D eigenvalue weighted by atomic mass is 32.1. The second-order valence-electron chi connectivity index (χ2n) is 4.85. The number of hydrogen-bond acceptors (Lipinski definition) is 3. The summed E-state index contributed by atoms with van der Waals surface area (Å²) in [5.41, 5.74) is 7.20. The van der Waals surface area contributed by atoms with E-state index in [9.17, 15) is 9.59 Å². The maximum absolute atomic E-state index is 12.3. The molecule has 0 bridgehead atoms. The number of hydrogen-bond donors (Lipinski definition) is 1. The Hall–Kier alpha value is -2.40. The first kappa shape index (κ1) is 16.0. The average molecular weight is 314 g/mol. The van der Waals surface area contributed by atoms with Crippen molar-refractivity contribution in [2.75, 3.05) is 6.54 Å². The van der Waals surface area contributed by atoms with E-state index in [1.807, 2.05) is 47.2 Å². The zero-order chi connectivity index (χ0) is 15.8. The second kappa shape index (κ2) is 8.14. The van der Waals surface area contributed by atoms with Gasteiger partial charge in [0, 0.05) is 25.6 Å². The third kappa shape index (κ3) is 5.18. The molecule has 2 amide bonds. The SMILES string of the molecule is NC(=O)CCN(Cc1ccccc1)C(=O)C=Cc1ccsc1. The topological polar surface area (TPSA) is 63.4 Å². The molecule has 0 aliphatic heterocycles. The van der Waals surface area contributed by atoms with Crippen LogP contribution in [0.2, 0.25) is 0 Å². The van der Waals surface area contributed by atoms with Gasteiger partial charge in [0.1, 0.15) is 0 Å². The fourth-order valence-electron chi connectivity index (χ4n) is 1.96. The van der Waals surface area contributed by atoms with Crippen LogP contribution in [0.4, 0.5) is 0 Å². The second-order valence-corrected chi connectivity index (χ2v) is 5.63. The Balaban J connectivity index is 2.05. The lowest BCUT2D eigenvalue weighted by molar-refractivity contribution is -0.127. The Morgan fingerprint density at radius 2 is 1.95 bits per heavy atom. The molecule has 0 radical (unpaired) electrons. The van der Waals surface area contributed by atoms with Crippen molar-refractivity contribution in [2.24, 2.45) is 5.73 Å². The van der Waals surface area contributed by atoms with E-state index in [-0.39, 0.29) is 12.3 Å². The summed E-state index contributed by atoms with van der Waals surface area (Å²) in [5.74, 6) is -0.538. The molecule has 5 heteroatoms. The molecule has 0 aliphatic rings. The van der Waals surface area contributed by atoms with Gasteiger partial charge in [0.15, 0.2) is 0 Å². The normalized spacial score (nSPS) is 10.7. The van der Waals surface area contributed by atoms with E-state index in [2.05, 4.69) is 0 Å². The number of nitrogens with zero attached hydrogens (tertiary/aromatic N) is 1. The monoisotopic (exact) mass is 314 g/mol. The van der Waals surface area contributed by atoms with Crippen LogP contribution in [0.1, 0.15) is 17.5 Å². The van der Waals surface area contributed by atoms with Crippen LogP contribution in [-0.2, 0) is 16.1 Å². The van der Waals surface area contributed by atoms with Gasteiger partial charge in [0.25, 0.3) is 0 Å². The van der Waals surface area contributed by atoms with Crippen LogP contribution in [0.25, 0.3) is 6.08 Å². The third-order valence-corrected chi connectivity index (χ3v) is 3.82. The number of carbonyl (C=O) groups excluding carboxylic acids is 2.